The first-order valence-corrected chi connectivity index (χ1v) is 9.92. The first-order chi connectivity index (χ1) is 15.0. The Labute approximate surface area is 180 Å². The molecule has 3 amide bonds. The molecule has 3 aromatic carbocycles. The van der Waals surface area contributed by atoms with E-state index in [1.807, 2.05) is 54.6 Å². The van der Waals surface area contributed by atoms with Crippen LogP contribution >= 0.6 is 0 Å². The van der Waals surface area contributed by atoms with Crippen LogP contribution in [0.15, 0.2) is 91.1 Å². The van der Waals surface area contributed by atoms with Gasteiger partial charge < -0.3 is 20.7 Å². The van der Waals surface area contributed by atoms with Crippen molar-refractivity contribution in [2.45, 2.75) is 6.04 Å². The first-order valence-electron chi connectivity index (χ1n) is 9.92. The van der Waals surface area contributed by atoms with Gasteiger partial charge in [0, 0.05) is 11.4 Å². The summed E-state index contributed by atoms with van der Waals surface area (Å²) < 4.78 is 5.15. The number of hydrogen-bond donors (Lipinski definition) is 3. The van der Waals surface area contributed by atoms with Crippen molar-refractivity contribution >= 4 is 17.6 Å². The lowest BCUT2D eigenvalue weighted by atomic mass is 9.87. The molecule has 0 spiro atoms. The summed E-state index contributed by atoms with van der Waals surface area (Å²) in [5.74, 6) is -0.243. The zero-order valence-corrected chi connectivity index (χ0v) is 17.1. The average Bonchev–Trinajstić information content (AvgIpc) is 2.79. The average molecular weight is 413 g/mol. The Kier molecular flexibility index (Phi) is 5.71. The molecule has 1 heterocycles. The molecule has 31 heavy (non-hydrogen) atoms. The highest BCUT2D eigenvalue weighted by atomic mass is 16.5. The number of carbonyl (C=O) groups excluding carboxylic acids is 2. The highest BCUT2D eigenvalue weighted by Crippen LogP contribution is 2.32. The second-order valence-electron chi connectivity index (χ2n) is 7.28. The summed E-state index contributed by atoms with van der Waals surface area (Å²) in [6, 6.07) is 24.0. The van der Waals surface area contributed by atoms with E-state index in [-0.39, 0.29) is 11.9 Å². The van der Waals surface area contributed by atoms with Crippen molar-refractivity contribution in [3.8, 4) is 16.9 Å². The Morgan fingerprint density at radius 1 is 0.935 bits per heavy atom. The Bertz CT molecular complexity index is 1090. The molecule has 2 atom stereocenters. The van der Waals surface area contributed by atoms with E-state index < -0.39 is 12.0 Å². The normalized spacial score (nSPS) is 18.0. The van der Waals surface area contributed by atoms with E-state index in [1.165, 1.54) is 0 Å². The number of anilines is 1. The largest absolute Gasteiger partial charge is 0.497 e. The minimum absolute atomic E-state index is 0.264. The Morgan fingerprint density at radius 3 is 2.23 bits per heavy atom. The Hall–Kier alpha value is -4.06. The summed E-state index contributed by atoms with van der Waals surface area (Å²) >= 11 is 0. The van der Waals surface area contributed by atoms with Crippen molar-refractivity contribution in [3.63, 3.8) is 0 Å². The van der Waals surface area contributed by atoms with E-state index in [9.17, 15) is 9.59 Å². The second kappa shape index (κ2) is 8.75. The highest BCUT2D eigenvalue weighted by Gasteiger charge is 2.37. The van der Waals surface area contributed by atoms with E-state index in [0.717, 1.165) is 16.7 Å². The van der Waals surface area contributed by atoms with Crippen molar-refractivity contribution in [1.82, 2.24) is 10.6 Å². The van der Waals surface area contributed by atoms with Crippen LogP contribution < -0.4 is 20.7 Å². The quantitative estimate of drug-likeness (QED) is 0.577. The minimum atomic E-state index is -0.678. The summed E-state index contributed by atoms with van der Waals surface area (Å²) in [5.41, 5.74) is 3.97. The summed E-state index contributed by atoms with van der Waals surface area (Å²) in [7, 11) is 1.58. The van der Waals surface area contributed by atoms with Gasteiger partial charge in [0.05, 0.1) is 13.2 Å². The van der Waals surface area contributed by atoms with Gasteiger partial charge in [-0.15, -0.1) is 0 Å². The number of benzene rings is 3. The molecule has 4 rings (SSSR count). The van der Waals surface area contributed by atoms with Gasteiger partial charge in [0.25, 0.3) is 0 Å². The van der Waals surface area contributed by atoms with Crippen molar-refractivity contribution in [1.29, 1.82) is 0 Å². The van der Waals surface area contributed by atoms with E-state index in [4.69, 9.17) is 4.74 Å². The van der Waals surface area contributed by atoms with Gasteiger partial charge >= 0.3 is 6.03 Å². The highest BCUT2D eigenvalue weighted by molar-refractivity contribution is 5.97. The lowest BCUT2D eigenvalue weighted by Crippen LogP contribution is -2.51. The molecule has 0 radical (unpaired) electrons. The summed E-state index contributed by atoms with van der Waals surface area (Å²) in [6.07, 6.45) is 0. The molecule has 0 saturated carbocycles. The second-order valence-corrected chi connectivity index (χ2v) is 7.28. The fourth-order valence-electron chi connectivity index (χ4n) is 3.68. The maximum atomic E-state index is 13.1. The maximum Gasteiger partial charge on any atom is 0.319 e. The standard InChI is InChI=1S/C25H23N3O3/c1-16-22(24(29)27-20-12-14-21(31-2)15-13-20)23(28-25(30)26-16)19-10-8-18(9-11-19)17-6-4-3-5-7-17/h3-15,22-23H,1H2,2H3,(H,27,29)(H2,26,28,30)/t22-,23+/m1/s1. The van der Waals surface area contributed by atoms with Crippen molar-refractivity contribution in [3.05, 3.63) is 96.7 Å². The summed E-state index contributed by atoms with van der Waals surface area (Å²) in [6.45, 7) is 3.92. The fourth-order valence-corrected chi connectivity index (χ4v) is 3.68. The number of amides is 3. The number of ether oxygens (including phenoxy) is 1. The number of nitrogens with one attached hydrogen (secondary N) is 3. The van der Waals surface area contributed by atoms with Crippen LogP contribution in [0.25, 0.3) is 11.1 Å². The third-order valence-electron chi connectivity index (χ3n) is 5.29. The van der Waals surface area contributed by atoms with Crippen LogP contribution in [0.4, 0.5) is 10.5 Å². The number of rotatable bonds is 5. The van der Waals surface area contributed by atoms with Gasteiger partial charge in [-0.2, -0.15) is 0 Å². The van der Waals surface area contributed by atoms with Crippen molar-refractivity contribution in [2.75, 3.05) is 12.4 Å². The molecular formula is C25H23N3O3. The predicted molar refractivity (Wildman–Crippen MR) is 121 cm³/mol. The fraction of sp³-hybridized carbons (Fsp3) is 0.120. The van der Waals surface area contributed by atoms with Crippen LogP contribution in [-0.2, 0) is 4.79 Å². The molecule has 3 aromatic rings. The topological polar surface area (TPSA) is 79.5 Å². The zero-order chi connectivity index (χ0) is 21.8. The summed E-state index contributed by atoms with van der Waals surface area (Å²) in [4.78, 5) is 25.2. The van der Waals surface area contributed by atoms with Crippen LogP contribution in [0.5, 0.6) is 5.75 Å². The maximum absolute atomic E-state index is 13.1. The van der Waals surface area contributed by atoms with Crippen LogP contribution in [0, 0.1) is 5.92 Å². The SMILES string of the molecule is C=C1NC(=O)N[C@@H](c2ccc(-c3ccccc3)cc2)[C@@H]1C(=O)Nc1ccc(OC)cc1. The summed E-state index contributed by atoms with van der Waals surface area (Å²) in [5, 5.41) is 8.39. The Morgan fingerprint density at radius 2 is 1.58 bits per heavy atom. The zero-order valence-electron chi connectivity index (χ0n) is 17.1. The molecule has 0 bridgehead atoms. The van der Waals surface area contributed by atoms with E-state index in [2.05, 4.69) is 22.5 Å². The van der Waals surface area contributed by atoms with Gasteiger partial charge in [-0.25, -0.2) is 4.79 Å². The van der Waals surface area contributed by atoms with Crippen molar-refractivity contribution < 1.29 is 14.3 Å². The number of carbonyl (C=O) groups is 2. The van der Waals surface area contributed by atoms with Gasteiger partial charge in [-0.05, 0) is 41.0 Å². The first kappa shape index (κ1) is 20.2. The number of methoxy groups -OCH3 is 1. The minimum Gasteiger partial charge on any atom is -0.497 e. The van der Waals surface area contributed by atoms with E-state index >= 15 is 0 Å². The van der Waals surface area contributed by atoms with Gasteiger partial charge in [-0.3, -0.25) is 4.79 Å². The molecule has 1 aliphatic heterocycles. The number of urea groups is 1. The van der Waals surface area contributed by atoms with E-state index in [1.54, 1.807) is 31.4 Å². The van der Waals surface area contributed by atoms with Crippen LogP contribution in [0.2, 0.25) is 0 Å². The molecule has 3 N–H and O–H groups in total. The molecule has 6 nitrogen and oxygen atoms in total. The molecule has 156 valence electrons. The lowest BCUT2D eigenvalue weighted by molar-refractivity contribution is -0.119. The smallest absolute Gasteiger partial charge is 0.319 e. The molecule has 6 heteroatoms. The van der Waals surface area contributed by atoms with Crippen LogP contribution in [0.1, 0.15) is 11.6 Å². The van der Waals surface area contributed by atoms with Crippen LogP contribution in [-0.4, -0.2) is 19.0 Å². The number of hydrogen-bond acceptors (Lipinski definition) is 3. The van der Waals surface area contributed by atoms with E-state index in [0.29, 0.717) is 17.1 Å². The van der Waals surface area contributed by atoms with Crippen LogP contribution in [0.3, 0.4) is 0 Å². The monoisotopic (exact) mass is 413 g/mol. The van der Waals surface area contributed by atoms with Gasteiger partial charge in [0.2, 0.25) is 5.91 Å². The molecule has 1 fully saturated rings. The predicted octanol–water partition coefficient (Wildman–Crippen LogP) is 4.48. The van der Waals surface area contributed by atoms with Gasteiger partial charge in [0.1, 0.15) is 11.7 Å². The molecule has 0 aromatic heterocycles. The van der Waals surface area contributed by atoms with Gasteiger partial charge in [0.15, 0.2) is 0 Å². The van der Waals surface area contributed by atoms with Crippen molar-refractivity contribution in [2.24, 2.45) is 5.92 Å². The molecule has 1 saturated heterocycles. The molecular weight excluding hydrogens is 390 g/mol. The lowest BCUT2D eigenvalue weighted by Gasteiger charge is -2.34. The third-order valence-corrected chi connectivity index (χ3v) is 5.29. The van der Waals surface area contributed by atoms with Gasteiger partial charge in [-0.1, -0.05) is 61.2 Å². The molecule has 0 aliphatic carbocycles. The molecule has 0 unspecified atom stereocenters. The Balaban J connectivity index is 1.58. The molecule has 1 aliphatic rings. The third kappa shape index (κ3) is 4.43.